The molecule has 1 atom stereocenters. The van der Waals surface area contributed by atoms with Gasteiger partial charge in [-0.3, -0.25) is 9.59 Å². The molecule has 0 radical (unpaired) electrons. The molecule has 22 heavy (non-hydrogen) atoms. The number of hydrogen-bond acceptors (Lipinski definition) is 2. The molecular weight excluding hydrogens is 276 g/mol. The largest absolute Gasteiger partial charge is 0.336 e. The van der Waals surface area contributed by atoms with Crippen LogP contribution in [0.15, 0.2) is 24.3 Å². The number of benzene rings is 1. The highest BCUT2D eigenvalue weighted by atomic mass is 16.2. The number of carbonyl (C=O) groups excluding carboxylic acids is 2. The van der Waals surface area contributed by atoms with Crippen molar-refractivity contribution in [2.24, 2.45) is 5.92 Å². The summed E-state index contributed by atoms with van der Waals surface area (Å²) in [5.41, 5.74) is 1.40. The Kier molecular flexibility index (Phi) is 4.46. The van der Waals surface area contributed by atoms with Crippen LogP contribution in [-0.2, 0) is 4.79 Å². The van der Waals surface area contributed by atoms with Gasteiger partial charge in [-0.15, -0.1) is 0 Å². The van der Waals surface area contributed by atoms with Gasteiger partial charge in [0.25, 0.3) is 5.91 Å². The van der Waals surface area contributed by atoms with Crippen molar-refractivity contribution in [3.8, 4) is 0 Å². The topological polar surface area (TPSA) is 49.4 Å². The number of rotatable bonds is 4. The molecular formula is C18H24N2O2. The minimum Gasteiger partial charge on any atom is -0.336 e. The molecule has 2 fully saturated rings. The van der Waals surface area contributed by atoms with Crippen molar-refractivity contribution >= 4 is 17.5 Å². The Hall–Kier alpha value is -1.84. The molecule has 1 aliphatic carbocycles. The molecule has 0 bridgehead atoms. The summed E-state index contributed by atoms with van der Waals surface area (Å²) in [5, 5.41) is 2.92. The molecule has 1 aromatic rings. The smallest absolute Gasteiger partial charge is 0.254 e. The van der Waals surface area contributed by atoms with E-state index in [0.717, 1.165) is 44.3 Å². The standard InChI is InChI=1S/C18H24N2O2/c1-2-16-8-3-4-11-20(16)18(22)14-6-5-7-15(12-14)19-17(21)13-9-10-13/h5-7,12-13,16H,2-4,8-11H2,1H3,(H,19,21). The molecule has 3 rings (SSSR count). The van der Waals surface area contributed by atoms with Gasteiger partial charge in [-0.25, -0.2) is 0 Å². The minimum atomic E-state index is 0.0778. The summed E-state index contributed by atoms with van der Waals surface area (Å²) in [7, 11) is 0. The molecule has 1 N–H and O–H groups in total. The highest BCUT2D eigenvalue weighted by Crippen LogP contribution is 2.30. The number of nitrogens with one attached hydrogen (secondary N) is 1. The van der Waals surface area contributed by atoms with Crippen molar-refractivity contribution in [3.05, 3.63) is 29.8 Å². The van der Waals surface area contributed by atoms with Gasteiger partial charge in [-0.05, 0) is 56.7 Å². The van der Waals surface area contributed by atoms with E-state index in [1.165, 1.54) is 6.42 Å². The Bertz CT molecular complexity index is 566. The van der Waals surface area contributed by atoms with Crippen LogP contribution >= 0.6 is 0 Å². The van der Waals surface area contributed by atoms with Crippen molar-refractivity contribution in [1.29, 1.82) is 0 Å². The molecule has 0 spiro atoms. The van der Waals surface area contributed by atoms with Crippen molar-refractivity contribution in [2.75, 3.05) is 11.9 Å². The first-order valence-corrected chi connectivity index (χ1v) is 8.41. The zero-order valence-corrected chi connectivity index (χ0v) is 13.2. The van der Waals surface area contributed by atoms with Crippen LogP contribution in [-0.4, -0.2) is 29.3 Å². The highest BCUT2D eigenvalue weighted by molar-refractivity contribution is 5.98. The number of piperidine rings is 1. The Balaban J connectivity index is 1.72. The fourth-order valence-electron chi connectivity index (χ4n) is 3.18. The van der Waals surface area contributed by atoms with Crippen LogP contribution in [0.1, 0.15) is 55.8 Å². The van der Waals surface area contributed by atoms with E-state index in [9.17, 15) is 9.59 Å². The van der Waals surface area contributed by atoms with Crippen LogP contribution in [0.3, 0.4) is 0 Å². The lowest BCUT2D eigenvalue weighted by molar-refractivity contribution is -0.117. The lowest BCUT2D eigenvalue weighted by Crippen LogP contribution is -2.43. The van der Waals surface area contributed by atoms with Crippen molar-refractivity contribution in [3.63, 3.8) is 0 Å². The molecule has 1 heterocycles. The SMILES string of the molecule is CCC1CCCCN1C(=O)c1cccc(NC(=O)C2CC2)c1. The average Bonchev–Trinajstić information content (AvgIpc) is 3.39. The molecule has 1 aromatic carbocycles. The number of anilines is 1. The number of nitrogens with zero attached hydrogens (tertiary/aromatic N) is 1. The van der Waals surface area contributed by atoms with E-state index in [1.54, 1.807) is 0 Å². The molecule has 0 aromatic heterocycles. The molecule has 1 aliphatic heterocycles. The van der Waals surface area contributed by atoms with E-state index in [0.29, 0.717) is 11.6 Å². The minimum absolute atomic E-state index is 0.0778. The van der Waals surface area contributed by atoms with E-state index in [4.69, 9.17) is 0 Å². The van der Waals surface area contributed by atoms with Crippen molar-refractivity contribution in [1.82, 2.24) is 4.90 Å². The molecule has 2 amide bonds. The van der Waals surface area contributed by atoms with Crippen molar-refractivity contribution < 1.29 is 9.59 Å². The molecule has 4 nitrogen and oxygen atoms in total. The van der Waals surface area contributed by atoms with Gasteiger partial charge in [0.15, 0.2) is 0 Å². The lowest BCUT2D eigenvalue weighted by atomic mass is 9.99. The monoisotopic (exact) mass is 300 g/mol. The Morgan fingerprint density at radius 1 is 1.23 bits per heavy atom. The Morgan fingerprint density at radius 3 is 2.77 bits per heavy atom. The van der Waals surface area contributed by atoms with Gasteiger partial charge in [-0.1, -0.05) is 13.0 Å². The van der Waals surface area contributed by atoms with E-state index in [1.807, 2.05) is 29.2 Å². The van der Waals surface area contributed by atoms with Gasteiger partial charge in [0, 0.05) is 29.8 Å². The molecule has 2 aliphatic rings. The summed E-state index contributed by atoms with van der Waals surface area (Å²) in [6, 6.07) is 7.71. The van der Waals surface area contributed by atoms with Gasteiger partial charge in [-0.2, -0.15) is 0 Å². The lowest BCUT2D eigenvalue weighted by Gasteiger charge is -2.35. The molecule has 4 heteroatoms. The zero-order chi connectivity index (χ0) is 15.5. The summed E-state index contributed by atoms with van der Waals surface area (Å²) in [6.07, 6.45) is 6.36. The summed E-state index contributed by atoms with van der Waals surface area (Å²) >= 11 is 0. The molecule has 1 saturated heterocycles. The second-order valence-corrected chi connectivity index (χ2v) is 6.40. The van der Waals surface area contributed by atoms with Crippen LogP contribution < -0.4 is 5.32 Å². The van der Waals surface area contributed by atoms with E-state index in [-0.39, 0.29) is 17.7 Å². The van der Waals surface area contributed by atoms with E-state index >= 15 is 0 Å². The normalized spacial score (nSPS) is 21.5. The third-order valence-corrected chi connectivity index (χ3v) is 4.68. The zero-order valence-electron chi connectivity index (χ0n) is 13.2. The maximum absolute atomic E-state index is 12.8. The second kappa shape index (κ2) is 6.51. The van der Waals surface area contributed by atoms with Crippen molar-refractivity contribution in [2.45, 2.75) is 51.5 Å². The molecule has 118 valence electrons. The van der Waals surface area contributed by atoms with Crippen LogP contribution in [0.25, 0.3) is 0 Å². The van der Waals surface area contributed by atoms with Crippen LogP contribution in [0.4, 0.5) is 5.69 Å². The first-order valence-electron chi connectivity index (χ1n) is 8.41. The summed E-state index contributed by atoms with van der Waals surface area (Å²) in [6.45, 7) is 2.98. The predicted molar refractivity (Wildman–Crippen MR) is 86.8 cm³/mol. The number of amides is 2. The highest BCUT2D eigenvalue weighted by Gasteiger charge is 2.30. The van der Waals surface area contributed by atoms with Gasteiger partial charge in [0.2, 0.25) is 5.91 Å². The summed E-state index contributed by atoms with van der Waals surface area (Å²) < 4.78 is 0. The van der Waals surface area contributed by atoms with E-state index in [2.05, 4.69) is 12.2 Å². The van der Waals surface area contributed by atoms with Gasteiger partial charge >= 0.3 is 0 Å². The first kappa shape index (κ1) is 15.1. The first-order chi connectivity index (χ1) is 10.7. The van der Waals surface area contributed by atoms with Gasteiger partial charge in [0.1, 0.15) is 0 Å². The predicted octanol–water partition coefficient (Wildman–Crippen LogP) is 3.44. The summed E-state index contributed by atoms with van der Waals surface area (Å²) in [4.78, 5) is 26.6. The number of likely N-dealkylation sites (tertiary alicyclic amines) is 1. The summed E-state index contributed by atoms with van der Waals surface area (Å²) in [5.74, 6) is 0.342. The van der Waals surface area contributed by atoms with Crippen LogP contribution in [0.2, 0.25) is 0 Å². The van der Waals surface area contributed by atoms with E-state index < -0.39 is 0 Å². The second-order valence-electron chi connectivity index (χ2n) is 6.40. The number of carbonyl (C=O) groups is 2. The average molecular weight is 300 g/mol. The third-order valence-electron chi connectivity index (χ3n) is 4.68. The fourth-order valence-corrected chi connectivity index (χ4v) is 3.18. The maximum Gasteiger partial charge on any atom is 0.254 e. The Morgan fingerprint density at radius 2 is 2.05 bits per heavy atom. The van der Waals surface area contributed by atoms with Gasteiger partial charge in [0.05, 0.1) is 0 Å². The Labute approximate surface area is 131 Å². The van der Waals surface area contributed by atoms with Crippen LogP contribution in [0, 0.1) is 5.92 Å². The third kappa shape index (κ3) is 3.32. The molecule has 1 unspecified atom stereocenters. The fraction of sp³-hybridized carbons (Fsp3) is 0.556. The quantitative estimate of drug-likeness (QED) is 0.926. The van der Waals surface area contributed by atoms with Crippen LogP contribution in [0.5, 0.6) is 0 Å². The van der Waals surface area contributed by atoms with Gasteiger partial charge < -0.3 is 10.2 Å². The molecule has 1 saturated carbocycles. The number of hydrogen-bond donors (Lipinski definition) is 1. The maximum atomic E-state index is 12.8.